The lowest BCUT2D eigenvalue weighted by Crippen LogP contribution is -2.28. The van der Waals surface area contributed by atoms with Crippen molar-refractivity contribution >= 4 is 17.7 Å². The van der Waals surface area contributed by atoms with Crippen molar-refractivity contribution in [3.8, 4) is 11.4 Å². The summed E-state index contributed by atoms with van der Waals surface area (Å²) < 4.78 is 17.2. The van der Waals surface area contributed by atoms with E-state index < -0.39 is 0 Å². The number of carbonyl (C=O) groups is 1. The number of carbonyl (C=O) groups excluding carboxylic acids is 1. The molecule has 4 aromatic rings. The summed E-state index contributed by atoms with van der Waals surface area (Å²) in [6.45, 7) is 1.95. The van der Waals surface area contributed by atoms with Gasteiger partial charge in [-0.2, -0.15) is 0 Å². The van der Waals surface area contributed by atoms with Crippen molar-refractivity contribution < 1.29 is 9.18 Å². The Bertz CT molecular complexity index is 1120. The quantitative estimate of drug-likeness (QED) is 0.455. The Morgan fingerprint density at radius 2 is 1.97 bits per heavy atom. The van der Waals surface area contributed by atoms with Crippen molar-refractivity contribution in [2.24, 2.45) is 0 Å². The van der Waals surface area contributed by atoms with Gasteiger partial charge in [-0.3, -0.25) is 9.36 Å². The Labute approximate surface area is 177 Å². The predicted molar refractivity (Wildman–Crippen MR) is 114 cm³/mol. The van der Waals surface area contributed by atoms with Gasteiger partial charge in [0.05, 0.1) is 23.8 Å². The van der Waals surface area contributed by atoms with Crippen LogP contribution in [-0.2, 0) is 4.79 Å². The van der Waals surface area contributed by atoms with Gasteiger partial charge in [0.25, 0.3) is 0 Å². The minimum absolute atomic E-state index is 0.0972. The molecule has 2 aromatic carbocycles. The third-order valence-electron chi connectivity index (χ3n) is 4.60. The molecule has 6 nitrogen and oxygen atoms in total. The molecule has 1 amide bonds. The second kappa shape index (κ2) is 8.96. The Morgan fingerprint density at radius 3 is 2.70 bits per heavy atom. The fraction of sp³-hybridized carbons (Fsp3) is 0.136. The number of thioether (sulfide) groups is 1. The molecule has 0 bridgehead atoms. The lowest BCUT2D eigenvalue weighted by molar-refractivity contribution is -0.119. The van der Waals surface area contributed by atoms with Crippen LogP contribution < -0.4 is 5.32 Å². The van der Waals surface area contributed by atoms with E-state index in [9.17, 15) is 9.18 Å². The van der Waals surface area contributed by atoms with E-state index in [0.717, 1.165) is 11.3 Å². The molecular weight excluding hydrogens is 401 g/mol. The van der Waals surface area contributed by atoms with Crippen LogP contribution in [0.1, 0.15) is 18.5 Å². The van der Waals surface area contributed by atoms with Gasteiger partial charge in [-0.25, -0.2) is 14.4 Å². The summed E-state index contributed by atoms with van der Waals surface area (Å²) in [6, 6.07) is 14.1. The summed E-state index contributed by atoms with van der Waals surface area (Å²) in [5.74, 6) is -0.202. The molecule has 30 heavy (non-hydrogen) atoms. The highest BCUT2D eigenvalue weighted by atomic mass is 32.2. The number of amides is 1. The Balaban J connectivity index is 1.35. The van der Waals surface area contributed by atoms with Crippen LogP contribution in [0.4, 0.5) is 4.39 Å². The Morgan fingerprint density at radius 1 is 1.13 bits per heavy atom. The van der Waals surface area contributed by atoms with E-state index in [0.29, 0.717) is 10.8 Å². The first-order valence-corrected chi connectivity index (χ1v) is 10.4. The average Bonchev–Trinajstić information content (AvgIpc) is 3.44. The molecule has 0 radical (unpaired) electrons. The zero-order valence-electron chi connectivity index (χ0n) is 16.3. The normalized spacial score (nSPS) is 11.9. The van der Waals surface area contributed by atoms with Gasteiger partial charge in [-0.15, -0.1) is 0 Å². The third kappa shape index (κ3) is 4.60. The smallest absolute Gasteiger partial charge is 0.230 e. The zero-order chi connectivity index (χ0) is 20.9. The van der Waals surface area contributed by atoms with Crippen LogP contribution in [-0.4, -0.2) is 30.8 Å². The van der Waals surface area contributed by atoms with E-state index in [4.69, 9.17) is 0 Å². The van der Waals surface area contributed by atoms with E-state index in [-0.39, 0.29) is 23.5 Å². The highest BCUT2D eigenvalue weighted by molar-refractivity contribution is 7.99. The van der Waals surface area contributed by atoms with Crippen molar-refractivity contribution in [2.45, 2.75) is 18.1 Å². The highest BCUT2D eigenvalue weighted by Gasteiger charge is 2.13. The maximum Gasteiger partial charge on any atom is 0.230 e. The number of nitrogens with one attached hydrogen (secondary N) is 1. The maximum absolute atomic E-state index is 13.5. The van der Waals surface area contributed by atoms with Crippen molar-refractivity contribution in [3.05, 3.63) is 91.0 Å². The first-order chi connectivity index (χ1) is 14.6. The predicted octanol–water partition coefficient (Wildman–Crippen LogP) is 4.17. The van der Waals surface area contributed by atoms with Gasteiger partial charge in [0.15, 0.2) is 5.16 Å². The molecule has 1 atom stereocenters. The van der Waals surface area contributed by atoms with Gasteiger partial charge >= 0.3 is 0 Å². The second-order valence-corrected chi connectivity index (χ2v) is 7.64. The average molecular weight is 422 g/mol. The van der Waals surface area contributed by atoms with Crippen molar-refractivity contribution in [3.63, 3.8) is 0 Å². The molecule has 0 fully saturated rings. The number of imidazole rings is 2. The monoisotopic (exact) mass is 421 g/mol. The molecule has 0 aliphatic carbocycles. The largest absolute Gasteiger partial charge is 0.349 e. The molecule has 1 N–H and O–H groups in total. The molecule has 0 spiro atoms. The minimum Gasteiger partial charge on any atom is -0.349 e. The van der Waals surface area contributed by atoms with Crippen molar-refractivity contribution in [2.75, 3.05) is 5.75 Å². The molecule has 0 saturated heterocycles. The molecule has 0 saturated carbocycles. The van der Waals surface area contributed by atoms with E-state index in [2.05, 4.69) is 15.3 Å². The van der Waals surface area contributed by atoms with Crippen molar-refractivity contribution in [1.82, 2.24) is 24.4 Å². The van der Waals surface area contributed by atoms with Crippen LogP contribution >= 0.6 is 11.8 Å². The van der Waals surface area contributed by atoms with Crippen LogP contribution in [0.2, 0.25) is 0 Å². The number of hydrogen-bond donors (Lipinski definition) is 1. The van der Waals surface area contributed by atoms with Gasteiger partial charge in [0, 0.05) is 30.5 Å². The summed E-state index contributed by atoms with van der Waals surface area (Å²) in [4.78, 5) is 20.8. The number of nitrogens with zero attached hydrogens (tertiary/aromatic N) is 4. The lowest BCUT2D eigenvalue weighted by Gasteiger charge is -2.15. The first-order valence-electron chi connectivity index (χ1n) is 9.40. The van der Waals surface area contributed by atoms with Gasteiger partial charge in [0.2, 0.25) is 5.91 Å². The summed E-state index contributed by atoms with van der Waals surface area (Å²) in [5, 5.41) is 3.64. The standard InChI is InChI=1S/C22H20FN5OS/c1-16(17-5-7-19(8-6-17)27-11-9-24-15-27)26-21(29)14-30-22-25-10-12-28(22)20-4-2-3-18(23)13-20/h2-13,15-16H,14H2,1H3,(H,26,29). The van der Waals surface area contributed by atoms with Gasteiger partial charge < -0.3 is 9.88 Å². The van der Waals surface area contributed by atoms with Gasteiger partial charge in [0.1, 0.15) is 5.82 Å². The summed E-state index contributed by atoms with van der Waals surface area (Å²) >= 11 is 1.31. The summed E-state index contributed by atoms with van der Waals surface area (Å²) in [6.07, 6.45) is 8.74. The lowest BCUT2D eigenvalue weighted by atomic mass is 10.1. The molecule has 2 heterocycles. The van der Waals surface area contributed by atoms with E-state index in [1.165, 1.54) is 23.9 Å². The maximum atomic E-state index is 13.5. The van der Waals surface area contributed by atoms with Crippen molar-refractivity contribution in [1.29, 1.82) is 0 Å². The van der Waals surface area contributed by atoms with Gasteiger partial charge in [-0.05, 0) is 42.8 Å². The van der Waals surface area contributed by atoms with E-state index in [1.54, 1.807) is 41.6 Å². The molecule has 4 rings (SSSR count). The number of hydrogen-bond acceptors (Lipinski definition) is 4. The first kappa shape index (κ1) is 19.9. The van der Waals surface area contributed by atoms with E-state index >= 15 is 0 Å². The van der Waals surface area contributed by atoms with Crippen LogP contribution in [0, 0.1) is 5.82 Å². The van der Waals surface area contributed by atoms with Crippen LogP contribution in [0.5, 0.6) is 0 Å². The zero-order valence-corrected chi connectivity index (χ0v) is 17.1. The molecule has 1 unspecified atom stereocenters. The Kier molecular flexibility index (Phi) is 5.94. The number of rotatable bonds is 7. The molecule has 152 valence electrons. The van der Waals surface area contributed by atoms with Crippen LogP contribution in [0.3, 0.4) is 0 Å². The molecular formula is C22H20FN5OS. The van der Waals surface area contributed by atoms with Crippen LogP contribution in [0.15, 0.2) is 84.8 Å². The number of benzene rings is 2. The third-order valence-corrected chi connectivity index (χ3v) is 5.57. The Hall–Kier alpha value is -3.39. The molecule has 0 aliphatic rings. The summed E-state index contributed by atoms with van der Waals surface area (Å²) in [5.41, 5.74) is 2.69. The highest BCUT2D eigenvalue weighted by Crippen LogP contribution is 2.21. The van der Waals surface area contributed by atoms with Crippen LogP contribution in [0.25, 0.3) is 11.4 Å². The fourth-order valence-electron chi connectivity index (χ4n) is 3.06. The topological polar surface area (TPSA) is 64.7 Å². The van der Waals surface area contributed by atoms with Gasteiger partial charge in [-0.1, -0.05) is 30.0 Å². The summed E-state index contributed by atoms with van der Waals surface area (Å²) in [7, 11) is 0. The minimum atomic E-state index is -0.317. The fourth-order valence-corrected chi connectivity index (χ4v) is 3.85. The number of halogens is 1. The molecule has 2 aromatic heterocycles. The SMILES string of the molecule is CC(NC(=O)CSc1nccn1-c1cccc(F)c1)c1ccc(-n2ccnc2)cc1. The second-order valence-electron chi connectivity index (χ2n) is 6.70. The molecule has 8 heteroatoms. The van der Waals surface area contributed by atoms with E-state index in [1.807, 2.05) is 42.0 Å². The molecule has 0 aliphatic heterocycles. The number of aromatic nitrogens is 4.